The van der Waals surface area contributed by atoms with E-state index < -0.39 is 0 Å². The number of furan rings is 1. The van der Waals surface area contributed by atoms with Crippen molar-refractivity contribution in [1.29, 1.82) is 0 Å². The van der Waals surface area contributed by atoms with Crippen molar-refractivity contribution in [2.45, 2.75) is 19.3 Å². The van der Waals surface area contributed by atoms with Crippen LogP contribution in [0.4, 0.5) is 5.69 Å². The minimum atomic E-state index is 0.437. The third-order valence-electron chi connectivity index (χ3n) is 2.61. The number of pyridine rings is 1. The molecule has 2 heterocycles. The number of halogens is 1. The molecule has 4 heteroatoms. The lowest BCUT2D eigenvalue weighted by atomic mass is 10.3. The minimum Gasteiger partial charge on any atom is -0.467 e. The number of aromatic nitrogens is 1. The van der Waals surface area contributed by atoms with E-state index in [0.717, 1.165) is 30.2 Å². The van der Waals surface area contributed by atoms with Gasteiger partial charge in [-0.05, 0) is 31.2 Å². The van der Waals surface area contributed by atoms with E-state index in [-0.39, 0.29) is 0 Å². The molecule has 0 aliphatic carbocycles. The Morgan fingerprint density at radius 1 is 1.41 bits per heavy atom. The topological polar surface area (TPSA) is 29.3 Å². The molecule has 0 spiro atoms. The van der Waals surface area contributed by atoms with Crippen LogP contribution < -0.4 is 4.90 Å². The van der Waals surface area contributed by atoms with Crippen molar-refractivity contribution in [2.24, 2.45) is 0 Å². The van der Waals surface area contributed by atoms with E-state index in [2.05, 4.69) is 16.8 Å². The second kappa shape index (κ2) is 5.73. The van der Waals surface area contributed by atoms with Crippen LogP contribution in [0, 0.1) is 0 Å². The fraction of sp³-hybridized carbons (Fsp3) is 0.308. The van der Waals surface area contributed by atoms with Gasteiger partial charge >= 0.3 is 0 Å². The SMILES string of the molecule is CCN(Cc1ccco1)c1ccnc(CCl)c1. The molecular formula is C13H15ClN2O. The van der Waals surface area contributed by atoms with Crippen LogP contribution in [0.25, 0.3) is 0 Å². The predicted molar refractivity (Wildman–Crippen MR) is 69.2 cm³/mol. The van der Waals surface area contributed by atoms with E-state index in [0.29, 0.717) is 5.88 Å². The van der Waals surface area contributed by atoms with E-state index in [4.69, 9.17) is 16.0 Å². The Kier molecular flexibility index (Phi) is 4.04. The summed E-state index contributed by atoms with van der Waals surface area (Å²) < 4.78 is 5.36. The zero-order valence-corrected chi connectivity index (χ0v) is 10.5. The Balaban J connectivity index is 2.16. The molecule has 0 aromatic carbocycles. The van der Waals surface area contributed by atoms with Crippen LogP contribution >= 0.6 is 11.6 Å². The van der Waals surface area contributed by atoms with Crippen LogP contribution in [0.1, 0.15) is 18.4 Å². The highest BCUT2D eigenvalue weighted by Gasteiger charge is 2.07. The lowest BCUT2D eigenvalue weighted by Gasteiger charge is -2.22. The van der Waals surface area contributed by atoms with Gasteiger partial charge in [0.2, 0.25) is 0 Å². The monoisotopic (exact) mass is 250 g/mol. The van der Waals surface area contributed by atoms with Gasteiger partial charge in [-0.25, -0.2) is 0 Å². The summed E-state index contributed by atoms with van der Waals surface area (Å²) >= 11 is 5.79. The Morgan fingerprint density at radius 3 is 2.94 bits per heavy atom. The predicted octanol–water partition coefficient (Wildman–Crippen LogP) is 3.44. The smallest absolute Gasteiger partial charge is 0.123 e. The molecule has 0 unspecified atom stereocenters. The molecule has 0 aliphatic rings. The molecule has 3 nitrogen and oxygen atoms in total. The zero-order valence-electron chi connectivity index (χ0n) is 9.77. The lowest BCUT2D eigenvalue weighted by molar-refractivity contribution is 0.503. The first kappa shape index (κ1) is 12.0. The highest BCUT2D eigenvalue weighted by atomic mass is 35.5. The van der Waals surface area contributed by atoms with E-state index in [1.165, 1.54) is 0 Å². The first-order valence-electron chi connectivity index (χ1n) is 5.61. The first-order valence-corrected chi connectivity index (χ1v) is 6.15. The fourth-order valence-electron chi connectivity index (χ4n) is 1.71. The molecule has 2 rings (SSSR count). The van der Waals surface area contributed by atoms with Crippen molar-refractivity contribution >= 4 is 17.3 Å². The van der Waals surface area contributed by atoms with Crippen LogP contribution in [-0.4, -0.2) is 11.5 Å². The number of anilines is 1. The second-order valence-corrected chi connectivity index (χ2v) is 4.00. The third kappa shape index (κ3) is 3.01. The van der Waals surface area contributed by atoms with Crippen molar-refractivity contribution in [3.63, 3.8) is 0 Å². The molecule has 0 aliphatic heterocycles. The molecule has 0 fully saturated rings. The van der Waals surface area contributed by atoms with Crippen LogP contribution in [0.2, 0.25) is 0 Å². The number of nitrogens with zero attached hydrogens (tertiary/aromatic N) is 2. The van der Waals surface area contributed by atoms with Crippen LogP contribution in [-0.2, 0) is 12.4 Å². The highest BCUT2D eigenvalue weighted by Crippen LogP contribution is 2.18. The summed E-state index contributed by atoms with van der Waals surface area (Å²) in [5.74, 6) is 1.39. The Hall–Kier alpha value is -1.48. The van der Waals surface area contributed by atoms with Gasteiger partial charge in [0.05, 0.1) is 24.4 Å². The molecule has 2 aromatic rings. The molecule has 17 heavy (non-hydrogen) atoms. The summed E-state index contributed by atoms with van der Waals surface area (Å²) in [6.07, 6.45) is 3.48. The Morgan fingerprint density at radius 2 is 2.29 bits per heavy atom. The number of hydrogen-bond donors (Lipinski definition) is 0. The molecule has 0 radical (unpaired) electrons. The Labute approximate surface area is 106 Å². The number of rotatable bonds is 5. The minimum absolute atomic E-state index is 0.437. The molecule has 90 valence electrons. The van der Waals surface area contributed by atoms with Crippen molar-refractivity contribution in [1.82, 2.24) is 4.98 Å². The van der Waals surface area contributed by atoms with Gasteiger partial charge in [-0.3, -0.25) is 4.98 Å². The fourth-order valence-corrected chi connectivity index (χ4v) is 1.86. The third-order valence-corrected chi connectivity index (χ3v) is 2.88. The maximum absolute atomic E-state index is 5.79. The molecule has 2 aromatic heterocycles. The van der Waals surface area contributed by atoms with Gasteiger partial charge in [0, 0.05) is 18.4 Å². The molecule has 0 bridgehead atoms. The highest BCUT2D eigenvalue weighted by molar-refractivity contribution is 6.16. The van der Waals surface area contributed by atoms with Gasteiger partial charge < -0.3 is 9.32 Å². The molecule has 0 saturated heterocycles. The van der Waals surface area contributed by atoms with Crippen molar-refractivity contribution in [2.75, 3.05) is 11.4 Å². The molecule has 0 saturated carbocycles. The van der Waals surface area contributed by atoms with Crippen LogP contribution in [0.5, 0.6) is 0 Å². The summed E-state index contributed by atoms with van der Waals surface area (Å²) in [7, 11) is 0. The normalized spacial score (nSPS) is 10.5. The van der Waals surface area contributed by atoms with E-state index >= 15 is 0 Å². The van der Waals surface area contributed by atoms with Crippen LogP contribution in [0.3, 0.4) is 0 Å². The quantitative estimate of drug-likeness (QED) is 0.762. The summed E-state index contributed by atoms with van der Waals surface area (Å²) in [6, 6.07) is 7.88. The lowest BCUT2D eigenvalue weighted by Crippen LogP contribution is -2.21. The first-order chi connectivity index (χ1) is 8.33. The maximum atomic E-state index is 5.79. The van der Waals surface area contributed by atoms with E-state index in [1.54, 1.807) is 12.5 Å². The molecule has 0 N–H and O–H groups in total. The van der Waals surface area contributed by atoms with Gasteiger partial charge in [0.1, 0.15) is 5.76 Å². The average Bonchev–Trinajstić information content (AvgIpc) is 2.89. The van der Waals surface area contributed by atoms with E-state index in [1.807, 2.05) is 24.3 Å². The van der Waals surface area contributed by atoms with Gasteiger partial charge in [-0.1, -0.05) is 0 Å². The molecule has 0 atom stereocenters. The summed E-state index contributed by atoms with van der Waals surface area (Å²) in [5, 5.41) is 0. The number of alkyl halides is 1. The van der Waals surface area contributed by atoms with Gasteiger partial charge in [0.25, 0.3) is 0 Å². The van der Waals surface area contributed by atoms with E-state index in [9.17, 15) is 0 Å². The van der Waals surface area contributed by atoms with Gasteiger partial charge in [-0.2, -0.15) is 0 Å². The largest absolute Gasteiger partial charge is 0.467 e. The van der Waals surface area contributed by atoms with Gasteiger partial charge in [0.15, 0.2) is 0 Å². The summed E-state index contributed by atoms with van der Waals surface area (Å²) in [5.41, 5.74) is 2.01. The van der Waals surface area contributed by atoms with Gasteiger partial charge in [-0.15, -0.1) is 11.6 Å². The maximum Gasteiger partial charge on any atom is 0.123 e. The zero-order chi connectivity index (χ0) is 12.1. The second-order valence-electron chi connectivity index (χ2n) is 3.73. The standard InChI is InChI=1S/C13H15ClN2O/c1-2-16(10-13-4-3-7-17-13)12-5-6-15-11(8-12)9-14/h3-8H,2,9-10H2,1H3. The number of hydrogen-bond acceptors (Lipinski definition) is 3. The summed E-state index contributed by atoms with van der Waals surface area (Å²) in [4.78, 5) is 6.41. The molecular weight excluding hydrogens is 236 g/mol. The van der Waals surface area contributed by atoms with Crippen molar-refractivity contribution in [3.05, 3.63) is 48.2 Å². The summed E-state index contributed by atoms with van der Waals surface area (Å²) in [6.45, 7) is 3.78. The van der Waals surface area contributed by atoms with Crippen molar-refractivity contribution in [3.8, 4) is 0 Å². The average molecular weight is 251 g/mol. The Bertz CT molecular complexity index is 456. The van der Waals surface area contributed by atoms with Crippen molar-refractivity contribution < 1.29 is 4.42 Å². The molecule has 0 amide bonds. The van der Waals surface area contributed by atoms with Crippen LogP contribution in [0.15, 0.2) is 41.1 Å².